The number of nitrogens with one attached hydrogen (secondary N) is 1. The van der Waals surface area contributed by atoms with Crippen LogP contribution in [0.15, 0.2) is 94.5 Å². The lowest BCUT2D eigenvalue weighted by Crippen LogP contribution is -2.14. The Morgan fingerprint density at radius 3 is 2.55 bits per heavy atom. The van der Waals surface area contributed by atoms with Crippen molar-refractivity contribution in [3.05, 3.63) is 102 Å². The zero-order valence-electron chi connectivity index (χ0n) is 20.3. The molecule has 1 unspecified atom stereocenters. The van der Waals surface area contributed by atoms with Crippen molar-refractivity contribution in [2.45, 2.75) is 13.0 Å². The first-order chi connectivity index (χ1) is 18.6. The van der Waals surface area contributed by atoms with Crippen molar-refractivity contribution >= 4 is 38.5 Å². The highest BCUT2D eigenvalue weighted by molar-refractivity contribution is 6.05. The summed E-state index contributed by atoms with van der Waals surface area (Å²) in [6, 6.07) is 22.7. The van der Waals surface area contributed by atoms with Crippen LogP contribution < -0.4 is 11.4 Å². The number of hydrogen-bond acceptors (Lipinski definition) is 7. The van der Waals surface area contributed by atoms with Gasteiger partial charge in [-0.2, -0.15) is 10.2 Å². The van der Waals surface area contributed by atoms with E-state index in [9.17, 15) is 4.79 Å². The molecule has 0 aliphatic rings. The molecule has 38 heavy (non-hydrogen) atoms. The van der Waals surface area contributed by atoms with E-state index in [2.05, 4.69) is 20.2 Å². The highest BCUT2D eigenvalue weighted by Crippen LogP contribution is 2.39. The Morgan fingerprint density at radius 2 is 1.71 bits per heavy atom. The lowest BCUT2D eigenvalue weighted by Gasteiger charge is -2.18. The van der Waals surface area contributed by atoms with E-state index in [4.69, 9.17) is 15.2 Å². The van der Waals surface area contributed by atoms with Crippen LogP contribution in [0, 0.1) is 0 Å². The molecule has 7 rings (SSSR count). The van der Waals surface area contributed by atoms with Crippen molar-refractivity contribution in [3.8, 4) is 22.4 Å². The van der Waals surface area contributed by atoms with Gasteiger partial charge < -0.3 is 10.2 Å². The molecule has 3 N–H and O–H groups in total. The fourth-order valence-electron chi connectivity index (χ4n) is 5.15. The van der Waals surface area contributed by atoms with Gasteiger partial charge in [0.15, 0.2) is 5.65 Å². The lowest BCUT2D eigenvalue weighted by atomic mass is 9.96. The summed E-state index contributed by atoms with van der Waals surface area (Å²) in [6.45, 7) is 1.94. The minimum atomic E-state index is -0.503. The number of aromatic nitrogens is 6. The maximum absolute atomic E-state index is 13.1. The Morgan fingerprint density at radius 1 is 0.921 bits per heavy atom. The zero-order valence-corrected chi connectivity index (χ0v) is 20.3. The molecule has 9 nitrogen and oxygen atoms in total. The second-order valence-electron chi connectivity index (χ2n) is 9.10. The first-order valence-electron chi connectivity index (χ1n) is 12.1. The summed E-state index contributed by atoms with van der Waals surface area (Å²) < 4.78 is 7.79. The fourth-order valence-corrected chi connectivity index (χ4v) is 5.15. The second kappa shape index (κ2) is 8.38. The molecule has 0 radical (unpaired) electrons. The SMILES string of the molecule is CC(c1oc(=O)c2ccccc2c1-c1ccccc1)n1nc(-c2cccc3[nH]ncc23)c2c(N)ncnc21. The molecule has 0 spiro atoms. The minimum Gasteiger partial charge on any atom is -0.424 e. The van der Waals surface area contributed by atoms with Crippen LogP contribution in [0.3, 0.4) is 0 Å². The number of nitrogen functional groups attached to an aromatic ring is 1. The van der Waals surface area contributed by atoms with Gasteiger partial charge in [0.1, 0.15) is 29.6 Å². The van der Waals surface area contributed by atoms with Crippen molar-refractivity contribution in [2.24, 2.45) is 0 Å². The van der Waals surface area contributed by atoms with Crippen LogP contribution in [0.5, 0.6) is 0 Å². The van der Waals surface area contributed by atoms with E-state index in [0.717, 1.165) is 33.0 Å². The third-order valence-electron chi connectivity index (χ3n) is 6.93. The lowest BCUT2D eigenvalue weighted by molar-refractivity contribution is 0.405. The maximum Gasteiger partial charge on any atom is 0.343 e. The van der Waals surface area contributed by atoms with Gasteiger partial charge in [0.25, 0.3) is 0 Å². The highest BCUT2D eigenvalue weighted by atomic mass is 16.4. The third-order valence-corrected chi connectivity index (χ3v) is 6.93. The Balaban J connectivity index is 1.53. The number of rotatable bonds is 4. The average Bonchev–Trinajstić information content (AvgIpc) is 3.59. The smallest absolute Gasteiger partial charge is 0.343 e. The summed E-state index contributed by atoms with van der Waals surface area (Å²) in [4.78, 5) is 21.9. The molecule has 184 valence electrons. The van der Waals surface area contributed by atoms with Crippen LogP contribution in [0.2, 0.25) is 0 Å². The van der Waals surface area contributed by atoms with Crippen molar-refractivity contribution in [1.82, 2.24) is 29.9 Å². The van der Waals surface area contributed by atoms with Crippen LogP contribution in [0.4, 0.5) is 5.82 Å². The molecule has 9 heteroatoms. The van der Waals surface area contributed by atoms with E-state index in [1.807, 2.05) is 73.7 Å². The van der Waals surface area contributed by atoms with Crippen LogP contribution in [-0.4, -0.2) is 29.9 Å². The summed E-state index contributed by atoms with van der Waals surface area (Å²) in [7, 11) is 0. The van der Waals surface area contributed by atoms with Crippen LogP contribution in [-0.2, 0) is 0 Å². The largest absolute Gasteiger partial charge is 0.424 e. The number of fused-ring (bicyclic) bond motifs is 3. The Bertz CT molecular complexity index is 2040. The molecule has 4 aromatic heterocycles. The number of nitrogens with two attached hydrogens (primary N) is 1. The normalized spacial score (nSPS) is 12.4. The molecule has 0 bridgehead atoms. The molecule has 0 saturated carbocycles. The Kier molecular flexibility index (Phi) is 4.83. The van der Waals surface area contributed by atoms with Gasteiger partial charge >= 0.3 is 5.63 Å². The van der Waals surface area contributed by atoms with E-state index in [1.165, 1.54) is 6.33 Å². The van der Waals surface area contributed by atoms with Gasteiger partial charge in [-0.1, -0.05) is 60.7 Å². The third kappa shape index (κ3) is 3.22. The average molecular weight is 500 g/mol. The maximum atomic E-state index is 13.1. The molecule has 3 aromatic carbocycles. The Labute approximate surface area is 215 Å². The van der Waals surface area contributed by atoms with Crippen LogP contribution >= 0.6 is 0 Å². The summed E-state index contributed by atoms with van der Waals surface area (Å²) in [5, 5.41) is 15.0. The number of H-pyrrole nitrogens is 1. The topological polar surface area (TPSA) is 129 Å². The quantitative estimate of drug-likeness (QED) is 0.335. The minimum absolute atomic E-state index is 0.312. The monoisotopic (exact) mass is 499 g/mol. The number of hydrogen-bond donors (Lipinski definition) is 2. The number of anilines is 1. The van der Waals surface area contributed by atoms with Gasteiger partial charge in [-0.15, -0.1) is 0 Å². The molecule has 0 saturated heterocycles. The summed E-state index contributed by atoms with van der Waals surface area (Å²) in [6.07, 6.45) is 3.17. The predicted molar refractivity (Wildman–Crippen MR) is 147 cm³/mol. The van der Waals surface area contributed by atoms with Gasteiger partial charge in [0.2, 0.25) is 0 Å². The molecule has 7 aromatic rings. The highest BCUT2D eigenvalue weighted by Gasteiger charge is 2.27. The van der Waals surface area contributed by atoms with E-state index < -0.39 is 11.7 Å². The van der Waals surface area contributed by atoms with Crippen LogP contribution in [0.25, 0.3) is 55.1 Å². The molecular weight excluding hydrogens is 478 g/mol. The van der Waals surface area contributed by atoms with Crippen molar-refractivity contribution < 1.29 is 4.42 Å². The van der Waals surface area contributed by atoms with E-state index in [-0.39, 0.29) is 0 Å². The number of nitrogens with zero attached hydrogens (tertiary/aromatic N) is 5. The van der Waals surface area contributed by atoms with Crippen molar-refractivity contribution in [3.63, 3.8) is 0 Å². The van der Waals surface area contributed by atoms with Gasteiger partial charge in [0, 0.05) is 21.9 Å². The van der Waals surface area contributed by atoms with E-state index >= 15 is 0 Å². The number of benzene rings is 3. The van der Waals surface area contributed by atoms with E-state index in [0.29, 0.717) is 33.7 Å². The molecule has 0 fully saturated rings. The Hall–Kier alpha value is -5.31. The second-order valence-corrected chi connectivity index (χ2v) is 9.10. The molecular formula is C29H21N7O2. The van der Waals surface area contributed by atoms with Crippen LogP contribution in [0.1, 0.15) is 18.7 Å². The van der Waals surface area contributed by atoms with E-state index in [1.54, 1.807) is 16.9 Å². The molecule has 0 amide bonds. The fraction of sp³-hybridized carbons (Fsp3) is 0.0690. The van der Waals surface area contributed by atoms with Crippen molar-refractivity contribution in [1.29, 1.82) is 0 Å². The van der Waals surface area contributed by atoms with Gasteiger partial charge in [-0.05, 0) is 24.6 Å². The summed E-state index contributed by atoms with van der Waals surface area (Å²) in [5.41, 5.74) is 10.6. The standard InChI is InChI=1S/C29H21N7O2/c1-16(26-23(17-8-3-2-4-9-17)18-10-5-6-11-20(18)29(37)38-26)36-28-24(27(30)31-15-32-28)25(35-36)19-12-7-13-22-21(19)14-33-34-22/h2-16H,1H3,(H,33,34)(H2,30,31,32). The number of aromatic amines is 1. The van der Waals surface area contributed by atoms with Gasteiger partial charge in [-0.25, -0.2) is 19.4 Å². The molecule has 1 atom stereocenters. The summed E-state index contributed by atoms with van der Waals surface area (Å²) >= 11 is 0. The molecule has 4 heterocycles. The molecule has 0 aliphatic carbocycles. The molecule has 0 aliphatic heterocycles. The predicted octanol–water partition coefficient (Wildman–Crippen LogP) is 5.33. The first-order valence-corrected chi connectivity index (χ1v) is 12.1. The van der Waals surface area contributed by atoms with Gasteiger partial charge in [0.05, 0.1) is 22.5 Å². The van der Waals surface area contributed by atoms with Crippen molar-refractivity contribution in [2.75, 3.05) is 5.73 Å². The first kappa shape index (κ1) is 21.9. The summed E-state index contributed by atoms with van der Waals surface area (Å²) in [5.74, 6) is 0.793. The van der Waals surface area contributed by atoms with Gasteiger partial charge in [-0.3, -0.25) is 5.10 Å². The zero-order chi connectivity index (χ0) is 25.8.